The zero-order valence-corrected chi connectivity index (χ0v) is 133. The molecule has 0 aliphatic carbocycles. The number of nitrogens with zero attached hydrogens (tertiary/aromatic N) is 4. The quantitative estimate of drug-likeness (QED) is 0.0447. The van der Waals surface area contributed by atoms with Gasteiger partial charge in [-0.25, -0.2) is 0 Å². The van der Waals surface area contributed by atoms with Gasteiger partial charge in [0.15, 0.2) is 0 Å². The summed E-state index contributed by atoms with van der Waals surface area (Å²) in [5.74, 6) is 0. The number of unbranched alkanes of at least 4 members (excludes halogenated alkanes) is 1. The second kappa shape index (κ2) is 207. The van der Waals surface area contributed by atoms with E-state index in [4.69, 9.17) is 0 Å². The molecule has 0 aliphatic rings. The molecule has 0 bridgehead atoms. The van der Waals surface area contributed by atoms with Crippen LogP contribution in [-0.4, -0.2) is 407 Å². The second-order valence-corrected chi connectivity index (χ2v) is 100. The van der Waals surface area contributed by atoms with Gasteiger partial charge in [-0.05, 0) is 142 Å². The Balaban J connectivity index is -0.0000000442. The molecule has 0 aliphatic heterocycles. The van der Waals surface area contributed by atoms with Gasteiger partial charge in [-0.2, -0.15) is 0 Å². The summed E-state index contributed by atoms with van der Waals surface area (Å²) in [6.45, 7) is 71.2. The molecule has 0 heterocycles. The Labute approximate surface area is 726 Å². The van der Waals surface area contributed by atoms with E-state index in [1.165, 1.54) is 169 Å². The highest BCUT2D eigenvalue weighted by Gasteiger charge is 1.97. The van der Waals surface area contributed by atoms with E-state index in [-0.39, 0.29) is 19.4 Å². The summed E-state index contributed by atoms with van der Waals surface area (Å²) in [5, 5.41) is 0. The highest BCUT2D eigenvalue weighted by atomic mass is 28.3. The molecule has 0 saturated carbocycles. The molecule has 4 nitrogen and oxygen atoms in total. The lowest BCUT2D eigenvalue weighted by Gasteiger charge is -2.16. The van der Waals surface area contributed by atoms with Crippen molar-refractivity contribution in [2.75, 3.05) is 67.5 Å². The summed E-state index contributed by atoms with van der Waals surface area (Å²) >= 11 is 0. The average Bonchev–Trinajstić information content (AvgIpc) is 3.20. The van der Waals surface area contributed by atoms with Gasteiger partial charge in [-0.15, -0.1) is 0 Å². The molecule has 99 heavy (non-hydrogen) atoms. The van der Waals surface area contributed by atoms with E-state index >= 15 is 0 Å². The van der Waals surface area contributed by atoms with Crippen molar-refractivity contribution >= 4 is 321 Å². The van der Waals surface area contributed by atoms with E-state index in [2.05, 4.69) is 226 Å². The van der Waals surface area contributed by atoms with Crippen LogP contribution < -0.4 is 0 Å². The smallest absolute Gasteiger partial charge is 0.0919 e. The standard InChI is InChI=1S/C8H21NSi.C6H19NSi2.C6H17NSi.C5H14Si.C4H15NSi2.7C3H12Si2.6C2H10Si2/c1-4-9(5-2)7-6-8-10-3;1-4-7(5-2)9-6-8-3;1-7(2)5-4-6-8-3;1-3-4-5-6-2;1-5(2)7-4-6-3;4*1-4-3-5-2;3*1-5-3-2-4;6*1-4-2-3/h4-8,10H2,1-3H3;4-6,8-9H2,1-3H3;4-6,8H2,1-3H3;3-6H2,1-2H3;4,6-7H2,1-3H3;4*3-5H2,1-2H3;3*2-3,5H2,1,4H3;6*2,4H2,1,3H3. The lowest BCUT2D eigenvalue weighted by Crippen LogP contribution is -2.27. The lowest BCUT2D eigenvalue weighted by atomic mass is 10.4. The van der Waals surface area contributed by atoms with Crippen molar-refractivity contribution in [2.24, 2.45) is 0 Å². The van der Waals surface area contributed by atoms with E-state index in [0.717, 1.165) is 0 Å². The maximum Gasteiger partial charge on any atom is 0.0919 e. The summed E-state index contributed by atoms with van der Waals surface area (Å²) in [5.41, 5.74) is 19.5. The van der Waals surface area contributed by atoms with Gasteiger partial charge < -0.3 is 18.9 Å². The third-order valence-corrected chi connectivity index (χ3v) is 86.2. The first-order valence-electron chi connectivity index (χ1n) is 46.3. The van der Waals surface area contributed by atoms with Crippen LogP contribution in [0.3, 0.4) is 0 Å². The zero-order chi connectivity index (χ0) is 81.2. The molecule has 0 spiro atoms. The van der Waals surface area contributed by atoms with Gasteiger partial charge in [0.05, 0.1) is 19.4 Å². The zero-order valence-electron chi connectivity index (χ0n) is 80.7. The van der Waals surface area contributed by atoms with Gasteiger partial charge in [-0.3, -0.25) is 0 Å². The van der Waals surface area contributed by atoms with E-state index < -0.39 is 0 Å². The maximum absolute atomic E-state index is 2.64. The second-order valence-electron chi connectivity index (χ2n) is 27.0. The van der Waals surface area contributed by atoms with Crippen molar-refractivity contribution in [2.45, 2.75) is 327 Å². The molecule has 630 valence electrons. The van der Waals surface area contributed by atoms with Crippen LogP contribution in [0.4, 0.5) is 0 Å². The lowest BCUT2D eigenvalue weighted by molar-refractivity contribution is 0.304. The summed E-state index contributed by atoms with van der Waals surface area (Å²) < 4.78 is 5.02. The van der Waals surface area contributed by atoms with E-state index in [1.807, 2.05) is 0 Å². The van der Waals surface area contributed by atoms with Gasteiger partial charge in [0.2, 0.25) is 0 Å². The van der Waals surface area contributed by atoms with Crippen LogP contribution in [0, 0.1) is 0 Å². The summed E-state index contributed by atoms with van der Waals surface area (Å²) in [7, 11) is 32.0. The molecule has 0 unspecified atom stereocenters. The molecule has 0 aromatic heterocycles. The minimum Gasteiger partial charge on any atom is -0.335 e. The highest BCUT2D eigenvalue weighted by molar-refractivity contribution is 6.56. The average molecular weight is 1960 g/mol. The Morgan fingerprint density at radius 1 is 0.232 bits per heavy atom. The third kappa shape index (κ3) is 355. The molecule has 0 amide bonds. The van der Waals surface area contributed by atoms with Crippen molar-refractivity contribution in [3.8, 4) is 0 Å². The molecule has 0 atom stereocenters. The first-order chi connectivity index (χ1) is 47.5. The van der Waals surface area contributed by atoms with Crippen molar-refractivity contribution < 1.29 is 0 Å². The highest BCUT2D eigenvalue weighted by Crippen LogP contribution is 1.94. The Hall–Kier alpha value is 7.00. The minimum absolute atomic E-state index is 0.220. The number of hydrogen-bond donors (Lipinski definition) is 0. The van der Waals surface area contributed by atoms with Crippen molar-refractivity contribution in [3.63, 3.8) is 0 Å². The fourth-order valence-electron chi connectivity index (χ4n) is 6.17. The van der Waals surface area contributed by atoms with E-state index in [1.54, 1.807) is 110 Å². The van der Waals surface area contributed by atoms with Crippen LogP contribution in [0.5, 0.6) is 0 Å². The molecular weight excluding hydrogens is 1730 g/mol. The van der Waals surface area contributed by atoms with Crippen molar-refractivity contribution in [1.29, 1.82) is 0 Å². The Bertz CT molecular complexity index is 794. The van der Waals surface area contributed by atoms with Gasteiger partial charge in [0.1, 0.15) is 0 Å². The largest absolute Gasteiger partial charge is 0.335 e. The molecule has 0 aromatic rings. The van der Waals surface area contributed by atoms with Gasteiger partial charge in [0.25, 0.3) is 0 Å². The molecule has 0 rings (SSSR count). The van der Waals surface area contributed by atoms with Crippen LogP contribution in [0.1, 0.15) is 60.3 Å². The number of hydrogen-bond acceptors (Lipinski definition) is 4. The fraction of sp³-hybridized carbons (Fsp3) is 1.00. The molecular formula is C62H230N4Si33. The van der Waals surface area contributed by atoms with Crippen molar-refractivity contribution in [3.05, 3.63) is 0 Å². The summed E-state index contributed by atoms with van der Waals surface area (Å²) in [6, 6.07) is 14.0. The van der Waals surface area contributed by atoms with Crippen LogP contribution in [-0.2, 0) is 0 Å². The predicted octanol–water partition coefficient (Wildman–Crippen LogP) is -6.36. The van der Waals surface area contributed by atoms with Crippen molar-refractivity contribution in [1.82, 2.24) is 18.9 Å². The molecule has 0 radical (unpaired) electrons. The van der Waals surface area contributed by atoms with E-state index in [9.17, 15) is 0 Å². The monoisotopic (exact) mass is 1960 g/mol. The van der Waals surface area contributed by atoms with E-state index in [0.29, 0.717) is 209 Å². The summed E-state index contributed by atoms with van der Waals surface area (Å²) in [4.78, 5) is 4.76. The Morgan fingerprint density at radius 3 is 0.556 bits per heavy atom. The van der Waals surface area contributed by atoms with Gasteiger partial charge in [0, 0.05) is 240 Å². The molecule has 0 saturated heterocycles. The van der Waals surface area contributed by atoms with Gasteiger partial charge >= 0.3 is 0 Å². The summed E-state index contributed by atoms with van der Waals surface area (Å²) in [6.07, 6.45) is 5.71. The molecule has 0 N–H and O–H groups in total. The SMILES string of the molecule is CCCC[SiH2]C.CCN(CC)CCC[SiH2]C.CCN(CC)[SiH2]C[SiH2]C.C[SiH2]CCCN(C)C.C[SiH2]CC[SiH3].C[SiH2]CC[SiH3].C[SiH2]CC[SiH3].C[SiH2]C[SiH2]C.C[SiH2]C[SiH2]C.C[SiH2]C[SiH2]C.C[SiH2]C[SiH2]C.C[SiH2]C[SiH2]N(C)C.C[SiH2]C[SiH3].C[SiH2]C[SiH3].C[SiH2]C[SiH3].C[SiH2]C[SiH3].C[SiH2]C[SiH3].C[SiH2]C[SiH3]. The molecule has 0 fully saturated rings. The maximum atomic E-state index is 2.64. The Morgan fingerprint density at radius 2 is 0.444 bits per heavy atom. The van der Waals surface area contributed by atoms with Crippen LogP contribution in [0.15, 0.2) is 0 Å². The fourth-order valence-corrected chi connectivity index (χ4v) is 35.9. The topological polar surface area (TPSA) is 13.0 Å². The Kier molecular flexibility index (Phi) is 316. The minimum atomic E-state index is 0.220. The van der Waals surface area contributed by atoms with Gasteiger partial charge in [-0.1, -0.05) is 314 Å². The van der Waals surface area contributed by atoms with Crippen LogP contribution in [0.25, 0.3) is 0 Å². The first-order valence-corrected chi connectivity index (χ1v) is 115. The van der Waals surface area contributed by atoms with Crippen LogP contribution in [0.2, 0.25) is 266 Å². The van der Waals surface area contributed by atoms with Crippen LogP contribution >= 0.6 is 0 Å². The molecule has 0 aromatic carbocycles. The normalized spacial score (nSPS) is 12.2. The predicted molar refractivity (Wildman–Crippen MR) is 632 cm³/mol. The third-order valence-electron chi connectivity index (χ3n) is 14.8. The molecule has 37 heteroatoms. The first kappa shape index (κ1) is 151. The number of rotatable bonds is 41.